The molecular formula is C18H27N3OS. The first-order valence-corrected chi connectivity index (χ1v) is 9.83. The van der Waals surface area contributed by atoms with Gasteiger partial charge in [0.1, 0.15) is 0 Å². The summed E-state index contributed by atoms with van der Waals surface area (Å²) in [5.41, 5.74) is 1.41. The second kappa shape index (κ2) is 8.60. The van der Waals surface area contributed by atoms with E-state index < -0.39 is 0 Å². The number of amides is 2. The fourth-order valence-corrected chi connectivity index (χ4v) is 4.23. The molecule has 0 aromatic heterocycles. The number of thioether (sulfide) groups is 1. The highest BCUT2D eigenvalue weighted by Crippen LogP contribution is 2.16. The maximum absolute atomic E-state index is 12.1. The minimum Gasteiger partial charge on any atom is -0.338 e. The maximum atomic E-state index is 12.1. The van der Waals surface area contributed by atoms with Gasteiger partial charge in [0.15, 0.2) is 0 Å². The van der Waals surface area contributed by atoms with Crippen molar-refractivity contribution < 1.29 is 4.79 Å². The van der Waals surface area contributed by atoms with E-state index in [0.29, 0.717) is 5.92 Å². The Bertz CT molecular complexity index is 490. The fourth-order valence-electron chi connectivity index (χ4n) is 3.32. The summed E-state index contributed by atoms with van der Waals surface area (Å²) in [4.78, 5) is 16.6. The van der Waals surface area contributed by atoms with E-state index in [2.05, 4.69) is 40.5 Å². The summed E-state index contributed by atoms with van der Waals surface area (Å²) < 4.78 is 0. The predicted octanol–water partition coefficient (Wildman–Crippen LogP) is 2.31. The Hall–Kier alpha value is -1.20. The van der Waals surface area contributed by atoms with Crippen LogP contribution in [0.2, 0.25) is 0 Å². The zero-order valence-electron chi connectivity index (χ0n) is 13.7. The van der Waals surface area contributed by atoms with Gasteiger partial charge in [0.2, 0.25) is 0 Å². The van der Waals surface area contributed by atoms with Crippen molar-refractivity contribution in [3.63, 3.8) is 0 Å². The molecule has 1 aromatic carbocycles. The topological polar surface area (TPSA) is 35.6 Å². The second-order valence-corrected chi connectivity index (χ2v) is 7.70. The normalized spacial score (nSPS) is 22.3. The van der Waals surface area contributed by atoms with Crippen LogP contribution in [-0.4, -0.2) is 66.6 Å². The van der Waals surface area contributed by atoms with Crippen LogP contribution < -0.4 is 5.32 Å². The number of hydrogen-bond acceptors (Lipinski definition) is 3. The highest BCUT2D eigenvalue weighted by atomic mass is 32.2. The summed E-state index contributed by atoms with van der Waals surface area (Å²) in [6.07, 6.45) is 2.32. The molecule has 0 saturated carbocycles. The zero-order valence-corrected chi connectivity index (χ0v) is 14.6. The van der Waals surface area contributed by atoms with Crippen molar-refractivity contribution in [2.24, 2.45) is 5.92 Å². The molecule has 2 amide bonds. The van der Waals surface area contributed by atoms with E-state index in [1.54, 1.807) is 0 Å². The van der Waals surface area contributed by atoms with E-state index in [4.69, 9.17) is 0 Å². The lowest BCUT2D eigenvalue weighted by atomic mass is 10.1. The van der Waals surface area contributed by atoms with Crippen LogP contribution in [0.5, 0.6) is 0 Å². The molecule has 1 atom stereocenters. The average Bonchev–Trinajstić information content (AvgIpc) is 3.07. The fraction of sp³-hybridized carbons (Fsp3) is 0.611. The molecule has 2 aliphatic heterocycles. The van der Waals surface area contributed by atoms with Gasteiger partial charge in [0.25, 0.3) is 0 Å². The monoisotopic (exact) mass is 333 g/mol. The molecule has 0 unspecified atom stereocenters. The van der Waals surface area contributed by atoms with Gasteiger partial charge in [-0.05, 0) is 30.9 Å². The third kappa shape index (κ3) is 5.15. The lowest BCUT2D eigenvalue weighted by molar-refractivity contribution is 0.201. The first-order valence-electron chi connectivity index (χ1n) is 8.68. The standard InChI is InChI=1S/C18H27N3OS/c22-18(21-10-12-23-13-11-21)19-14-17-7-9-20(15-17)8-6-16-4-2-1-3-5-16/h1-5,17H,6-15H2,(H,19,22)/t17-/m1/s1. The lowest BCUT2D eigenvalue weighted by Gasteiger charge is -2.27. The van der Waals surface area contributed by atoms with Crippen molar-refractivity contribution in [3.05, 3.63) is 35.9 Å². The molecule has 2 saturated heterocycles. The van der Waals surface area contributed by atoms with E-state index in [1.807, 2.05) is 16.7 Å². The molecule has 0 spiro atoms. The number of carbonyl (C=O) groups excluding carboxylic acids is 1. The summed E-state index contributed by atoms with van der Waals surface area (Å²) >= 11 is 1.94. The van der Waals surface area contributed by atoms with Crippen LogP contribution in [0.1, 0.15) is 12.0 Å². The Kier molecular flexibility index (Phi) is 6.22. The molecule has 1 N–H and O–H groups in total. The minimum atomic E-state index is 0.132. The van der Waals surface area contributed by atoms with E-state index in [0.717, 1.165) is 57.2 Å². The van der Waals surface area contributed by atoms with Gasteiger partial charge in [0.05, 0.1) is 0 Å². The van der Waals surface area contributed by atoms with Crippen LogP contribution in [0.3, 0.4) is 0 Å². The molecule has 126 valence electrons. The first-order chi connectivity index (χ1) is 11.3. The number of hydrogen-bond donors (Lipinski definition) is 1. The van der Waals surface area contributed by atoms with Crippen LogP contribution in [0.4, 0.5) is 4.79 Å². The van der Waals surface area contributed by atoms with Crippen LogP contribution in [-0.2, 0) is 6.42 Å². The van der Waals surface area contributed by atoms with Gasteiger partial charge in [-0.25, -0.2) is 4.79 Å². The third-order valence-corrected chi connectivity index (χ3v) is 5.71. The number of rotatable bonds is 5. The molecule has 23 heavy (non-hydrogen) atoms. The molecule has 0 aliphatic carbocycles. The van der Waals surface area contributed by atoms with E-state index in [1.165, 1.54) is 12.0 Å². The van der Waals surface area contributed by atoms with Gasteiger partial charge in [-0.2, -0.15) is 11.8 Å². The number of nitrogens with zero attached hydrogens (tertiary/aromatic N) is 2. The minimum absolute atomic E-state index is 0.132. The SMILES string of the molecule is O=C(NC[C@H]1CCN(CCc2ccccc2)C1)N1CCSCC1. The van der Waals surface area contributed by atoms with Crippen molar-refractivity contribution in [2.45, 2.75) is 12.8 Å². The first kappa shape index (κ1) is 16.7. The number of carbonyl (C=O) groups is 1. The number of benzene rings is 1. The molecule has 4 nitrogen and oxygen atoms in total. The van der Waals surface area contributed by atoms with Crippen LogP contribution >= 0.6 is 11.8 Å². The highest BCUT2D eigenvalue weighted by molar-refractivity contribution is 7.99. The molecule has 0 bridgehead atoms. The molecule has 1 aromatic rings. The van der Waals surface area contributed by atoms with Gasteiger partial charge in [0, 0.05) is 44.2 Å². The molecule has 2 heterocycles. The maximum Gasteiger partial charge on any atom is 0.317 e. The Morgan fingerprint density at radius 1 is 1.17 bits per heavy atom. The van der Waals surface area contributed by atoms with Gasteiger partial charge in [-0.3, -0.25) is 0 Å². The Morgan fingerprint density at radius 3 is 2.74 bits per heavy atom. The van der Waals surface area contributed by atoms with Gasteiger partial charge < -0.3 is 15.1 Å². The number of likely N-dealkylation sites (tertiary alicyclic amines) is 1. The third-order valence-electron chi connectivity index (χ3n) is 4.77. The van der Waals surface area contributed by atoms with E-state index in [9.17, 15) is 4.79 Å². The largest absolute Gasteiger partial charge is 0.338 e. The zero-order chi connectivity index (χ0) is 15.9. The van der Waals surface area contributed by atoms with Crippen molar-refractivity contribution >= 4 is 17.8 Å². The summed E-state index contributed by atoms with van der Waals surface area (Å²) in [6.45, 7) is 6.01. The van der Waals surface area contributed by atoms with Gasteiger partial charge >= 0.3 is 6.03 Å². The van der Waals surface area contributed by atoms with Crippen molar-refractivity contribution in [1.29, 1.82) is 0 Å². The molecule has 2 fully saturated rings. The summed E-state index contributed by atoms with van der Waals surface area (Å²) in [6, 6.07) is 10.8. The molecular weight excluding hydrogens is 306 g/mol. The quantitative estimate of drug-likeness (QED) is 0.898. The second-order valence-electron chi connectivity index (χ2n) is 6.48. The predicted molar refractivity (Wildman–Crippen MR) is 97.0 cm³/mol. The summed E-state index contributed by atoms with van der Waals surface area (Å²) in [5, 5.41) is 3.14. The molecule has 3 rings (SSSR count). The van der Waals surface area contributed by atoms with Crippen LogP contribution in [0.25, 0.3) is 0 Å². The molecule has 5 heteroatoms. The van der Waals surface area contributed by atoms with Crippen LogP contribution in [0, 0.1) is 5.92 Å². The summed E-state index contributed by atoms with van der Waals surface area (Å²) in [7, 11) is 0. The Morgan fingerprint density at radius 2 is 1.96 bits per heavy atom. The summed E-state index contributed by atoms with van der Waals surface area (Å²) in [5.74, 6) is 2.75. The van der Waals surface area contributed by atoms with Crippen molar-refractivity contribution in [2.75, 3.05) is 50.8 Å². The highest BCUT2D eigenvalue weighted by Gasteiger charge is 2.23. The Labute approximate surface area is 143 Å². The lowest BCUT2D eigenvalue weighted by Crippen LogP contribution is -2.45. The van der Waals surface area contributed by atoms with Crippen molar-refractivity contribution in [1.82, 2.24) is 15.1 Å². The van der Waals surface area contributed by atoms with Gasteiger partial charge in [-0.1, -0.05) is 30.3 Å². The van der Waals surface area contributed by atoms with E-state index in [-0.39, 0.29) is 6.03 Å². The van der Waals surface area contributed by atoms with Crippen molar-refractivity contribution in [3.8, 4) is 0 Å². The van der Waals surface area contributed by atoms with Crippen LogP contribution in [0.15, 0.2) is 30.3 Å². The number of nitrogens with one attached hydrogen (secondary N) is 1. The van der Waals surface area contributed by atoms with E-state index >= 15 is 0 Å². The Balaban J connectivity index is 1.34. The smallest absolute Gasteiger partial charge is 0.317 e. The number of urea groups is 1. The van der Waals surface area contributed by atoms with Gasteiger partial charge in [-0.15, -0.1) is 0 Å². The molecule has 2 aliphatic rings. The average molecular weight is 334 g/mol. The molecule has 0 radical (unpaired) electrons.